The van der Waals surface area contributed by atoms with Crippen LogP contribution in [-0.4, -0.2) is 279 Å². The molecule has 3 aliphatic rings. The van der Waals surface area contributed by atoms with Gasteiger partial charge in [0, 0.05) is 45.1 Å². The first kappa shape index (κ1) is 93.6. The number of rotatable bonds is 28. The third-order valence-electron chi connectivity index (χ3n) is 19.4. The number of methoxy groups -OCH3 is 2. The number of ether oxygens (including phenoxy) is 5. The van der Waals surface area contributed by atoms with Gasteiger partial charge in [0.1, 0.15) is 96.4 Å². The summed E-state index contributed by atoms with van der Waals surface area (Å²) in [5.74, 6) is -18.2. The lowest BCUT2D eigenvalue weighted by Gasteiger charge is -2.41. The van der Waals surface area contributed by atoms with Crippen molar-refractivity contribution in [3.63, 3.8) is 0 Å². The van der Waals surface area contributed by atoms with Crippen molar-refractivity contribution in [1.29, 1.82) is 0 Å². The topological polar surface area (TPSA) is 556 Å². The van der Waals surface area contributed by atoms with Gasteiger partial charge in [0.2, 0.25) is 65.4 Å². The molecule has 0 spiro atoms. The van der Waals surface area contributed by atoms with Crippen LogP contribution in [0, 0.1) is 23.7 Å². The van der Waals surface area contributed by atoms with Crippen LogP contribution >= 0.6 is 11.6 Å². The van der Waals surface area contributed by atoms with Gasteiger partial charge in [-0.05, 0) is 96.8 Å². The minimum absolute atomic E-state index is 0.000863. The molecule has 616 valence electrons. The molecular weight excluding hydrogens is 1470 g/mol. The molecule has 23 atom stereocenters. The summed E-state index contributed by atoms with van der Waals surface area (Å²) in [6, 6.07) is -10.5. The average molecular weight is 1580 g/mol. The third kappa shape index (κ3) is 25.4. The molecule has 1 aromatic carbocycles. The number of alkyl halides is 1. The fourth-order valence-electron chi connectivity index (χ4n) is 12.2. The van der Waals surface area contributed by atoms with Crippen LogP contribution in [0.3, 0.4) is 0 Å². The third-order valence-corrected chi connectivity index (χ3v) is 19.7. The number of esters is 1. The Labute approximate surface area is 643 Å². The number of hydrogen-bond donors (Lipinski definition) is 17. The molecule has 0 aliphatic carbocycles. The van der Waals surface area contributed by atoms with Gasteiger partial charge in [-0.25, -0.2) is 4.79 Å². The summed E-state index contributed by atoms with van der Waals surface area (Å²) in [6.45, 7) is 16.0. The Hall–Kier alpha value is -8.76. The lowest BCUT2D eigenvalue weighted by Crippen LogP contribution is -2.66. The monoisotopic (exact) mass is 1580 g/mol. The number of primary amides is 1. The van der Waals surface area contributed by atoms with E-state index in [4.69, 9.17) is 46.8 Å². The van der Waals surface area contributed by atoms with Gasteiger partial charge in [0.15, 0.2) is 5.60 Å². The number of aliphatic hydroxyl groups excluding tert-OH is 5. The largest absolute Gasteiger partial charge is 0.462 e. The number of fused-ring (bicyclic) bond motifs is 1. The normalized spacial score (nSPS) is 27.8. The number of piperidine rings is 1. The van der Waals surface area contributed by atoms with Gasteiger partial charge in [-0.15, -0.1) is 11.6 Å². The summed E-state index contributed by atoms with van der Waals surface area (Å²) in [5, 5.41) is 85.1. The van der Waals surface area contributed by atoms with E-state index in [0.717, 1.165) is 49.0 Å². The van der Waals surface area contributed by atoms with Crippen molar-refractivity contribution in [1.82, 2.24) is 57.7 Å². The number of amides is 12. The predicted octanol–water partition coefficient (Wildman–Crippen LogP) is -4.44. The highest BCUT2D eigenvalue weighted by atomic mass is 35.5. The summed E-state index contributed by atoms with van der Waals surface area (Å²) < 4.78 is 28.9. The van der Waals surface area contributed by atoms with Gasteiger partial charge in [0.25, 0.3) is 11.8 Å². The second-order valence-electron chi connectivity index (χ2n) is 28.5. The zero-order valence-electron chi connectivity index (χ0n) is 64.8. The molecule has 0 radical (unpaired) electrons. The standard InChI is InChI=1S/C72H112ClN13O24/c1-17-33(5)27-34(6)19-24-47(88)72(13,105)71(104)77-30-49(90)79-44(18-2)62(96)82-51(37(9)74)64(98)81-50(35(7)36(8)60(75)94)63(97)83-52-58(32(3)4)110-69(103)46-28-42(73)25-26-86(46)68(102)53(59(107-16)41-20-22-43(23-21-41)109-70-57(93)56(92)55(91)40(12)108-70)84-66(100)54(39(11)87)85(14)67(101)38(10)78-48(89)29-76-61(95)45(31-106-15)80-65(52)99/h18-24,27,32-33,35-40,42,45-47,50-59,70,87-88,91-93,105H,17,25-26,28-31,74H2,1-16H3,(H2,75,94)(H,76,95)(H,77,104)(H,78,89)(H,79,90)(H,80,99)(H,81,98)(H,82,96)(H,83,97)(H,84,100)/b24-19-,34-27+,44-18-/t33?,35-,36+,37-,38-,39+,40-,42-,45+,46-,47?,50-,51-,52+,53+,54-,55-,56+,57+,58+,59+,70-,72?/m0/s1. The van der Waals surface area contributed by atoms with E-state index >= 15 is 19.2 Å². The Bertz CT molecular complexity index is 3510. The quantitative estimate of drug-likeness (QED) is 0.0163. The molecule has 110 heavy (non-hydrogen) atoms. The van der Waals surface area contributed by atoms with E-state index in [-0.39, 0.29) is 36.6 Å². The van der Waals surface area contributed by atoms with Gasteiger partial charge in [0.05, 0.1) is 31.9 Å². The van der Waals surface area contributed by atoms with Crippen LogP contribution in [0.1, 0.15) is 121 Å². The second kappa shape index (κ2) is 42.6. The Morgan fingerprint density at radius 1 is 0.855 bits per heavy atom. The molecule has 0 aromatic heterocycles. The molecule has 1 aromatic rings. The Morgan fingerprint density at radius 3 is 2.05 bits per heavy atom. The van der Waals surface area contributed by atoms with Crippen molar-refractivity contribution in [2.45, 2.75) is 230 Å². The number of nitrogens with two attached hydrogens (primary N) is 2. The number of halogens is 1. The maximum atomic E-state index is 15.7. The smallest absolute Gasteiger partial charge is 0.329 e. The van der Waals surface area contributed by atoms with Crippen molar-refractivity contribution in [2.24, 2.45) is 35.1 Å². The molecule has 19 N–H and O–H groups in total. The van der Waals surface area contributed by atoms with Crippen molar-refractivity contribution in [3.05, 3.63) is 65.4 Å². The maximum absolute atomic E-state index is 15.7. The summed E-state index contributed by atoms with van der Waals surface area (Å²) in [4.78, 5) is 188. The van der Waals surface area contributed by atoms with E-state index < -0.39 is 240 Å². The molecule has 3 unspecified atom stereocenters. The first-order valence-corrected chi connectivity index (χ1v) is 36.6. The molecule has 3 saturated heterocycles. The molecular formula is C72H112ClN13O24. The van der Waals surface area contributed by atoms with Gasteiger partial charge >= 0.3 is 5.97 Å². The Balaban J connectivity index is 1.83. The molecule has 12 amide bonds. The molecule has 4 rings (SSSR count). The van der Waals surface area contributed by atoms with E-state index in [1.54, 1.807) is 6.92 Å². The van der Waals surface area contributed by atoms with Crippen LogP contribution in [0.2, 0.25) is 0 Å². The number of carbonyl (C=O) groups is 13. The first-order valence-electron chi connectivity index (χ1n) is 36.1. The molecule has 3 aliphatic heterocycles. The number of hydrogen-bond acceptors (Lipinski definition) is 25. The fourth-order valence-corrected chi connectivity index (χ4v) is 12.4. The molecule has 38 heteroatoms. The highest BCUT2D eigenvalue weighted by molar-refractivity contribution is 6.21. The lowest BCUT2D eigenvalue weighted by molar-refractivity contribution is -0.268. The van der Waals surface area contributed by atoms with Crippen molar-refractivity contribution >= 4 is 88.5 Å². The fraction of sp³-hybridized carbons (Fsp3) is 0.653. The predicted molar refractivity (Wildman–Crippen MR) is 394 cm³/mol. The van der Waals surface area contributed by atoms with Crippen LogP contribution in [0.4, 0.5) is 0 Å². The minimum Gasteiger partial charge on any atom is -0.462 e. The van der Waals surface area contributed by atoms with Gasteiger partial charge in [-0.1, -0.05) is 90.0 Å². The molecule has 0 bridgehead atoms. The highest BCUT2D eigenvalue weighted by Gasteiger charge is 2.49. The van der Waals surface area contributed by atoms with E-state index in [0.29, 0.717) is 0 Å². The first-order chi connectivity index (χ1) is 51.4. The summed E-state index contributed by atoms with van der Waals surface area (Å²) in [6.07, 6.45) is -7.90. The number of benzene rings is 1. The van der Waals surface area contributed by atoms with Crippen LogP contribution in [-0.2, 0) is 81.3 Å². The number of nitrogens with zero attached hydrogens (tertiary/aromatic N) is 2. The zero-order valence-corrected chi connectivity index (χ0v) is 65.6. The minimum atomic E-state index is -2.44. The van der Waals surface area contributed by atoms with E-state index in [1.165, 1.54) is 106 Å². The van der Waals surface area contributed by atoms with Gasteiger partial charge < -0.3 is 123 Å². The molecule has 3 fully saturated rings. The average Bonchev–Trinajstić information content (AvgIpc) is 0.787. The van der Waals surface area contributed by atoms with Crippen molar-refractivity contribution < 1.29 is 117 Å². The highest BCUT2D eigenvalue weighted by Crippen LogP contribution is 2.32. The van der Waals surface area contributed by atoms with E-state index in [1.807, 2.05) is 19.9 Å². The number of allylic oxidation sites excluding steroid dienone is 4. The number of likely N-dealkylation sites (N-methyl/N-ethyl adjacent to an activating group) is 1. The maximum Gasteiger partial charge on any atom is 0.329 e. The van der Waals surface area contributed by atoms with Gasteiger partial charge in [-0.3, -0.25) is 57.5 Å². The van der Waals surface area contributed by atoms with Gasteiger partial charge in [-0.2, -0.15) is 0 Å². The summed E-state index contributed by atoms with van der Waals surface area (Å²) >= 11 is 6.82. The summed E-state index contributed by atoms with van der Waals surface area (Å²) in [7, 11) is 3.45. The van der Waals surface area contributed by atoms with E-state index in [2.05, 4.69) is 47.9 Å². The second-order valence-corrected chi connectivity index (χ2v) is 29.1. The molecule has 37 nitrogen and oxygen atoms in total. The number of nitrogens with one attached hydrogen (secondary N) is 9. The number of carbonyl (C=O) groups excluding carboxylic acids is 13. The lowest BCUT2D eigenvalue weighted by atomic mass is 9.87. The zero-order chi connectivity index (χ0) is 83.3. The van der Waals surface area contributed by atoms with Crippen LogP contribution in [0.5, 0.6) is 5.75 Å². The SMILES string of the molecule is C/C=C(\NC(=O)CNC(=O)C(C)(O)C(O)/C=C\C(C)=C\C(C)CC)C(=O)N[C@H](C(=O)N[C@H](C(=O)N[C@H]1C(=O)N[C@H](COC)C(=O)NCC(=O)N[C@@H](C)C(=O)N(C)[C@@H]([C@@H](C)O)C(=O)N[C@H]([C@H](OC)c2ccc(O[C@@H]3O[C@@H](C)[C@H](O)[C@@H](O)[C@H]3O)cc2)C(=O)N2CC[C@H](Cl)C[C@H]2C(=O)O[C@@H]1C(C)C)[C@@H](C)[C@@H](C)C(N)=O)[C@H](C)N. The Morgan fingerprint density at radius 2 is 1.49 bits per heavy atom. The number of cyclic esters (lactones) is 1. The van der Waals surface area contributed by atoms with Crippen LogP contribution in [0.15, 0.2) is 59.8 Å². The molecule has 0 saturated carbocycles. The summed E-state index contributed by atoms with van der Waals surface area (Å²) in [5.41, 5.74) is 10.0. The van der Waals surface area contributed by atoms with Crippen molar-refractivity contribution in [2.75, 3.05) is 47.5 Å². The van der Waals surface area contributed by atoms with Crippen LogP contribution in [0.25, 0.3) is 0 Å². The van der Waals surface area contributed by atoms with Crippen molar-refractivity contribution in [3.8, 4) is 5.75 Å². The Kier molecular flexibility index (Phi) is 36.3. The molecule has 3 heterocycles. The number of aliphatic hydroxyl groups is 6. The van der Waals surface area contributed by atoms with E-state index in [9.17, 15) is 73.8 Å². The van der Waals surface area contributed by atoms with Crippen LogP contribution < -0.4 is 64.1 Å².